The van der Waals surface area contributed by atoms with Gasteiger partial charge in [0.2, 0.25) is 5.89 Å². The zero-order valence-corrected chi connectivity index (χ0v) is 11.3. The van der Waals surface area contributed by atoms with Crippen LogP contribution in [0.3, 0.4) is 0 Å². The maximum Gasteiger partial charge on any atom is 0.233 e. The van der Waals surface area contributed by atoms with Crippen molar-refractivity contribution in [3.8, 4) is 5.75 Å². The number of aromatic nitrogens is 1. The Morgan fingerprint density at radius 2 is 2.00 bits per heavy atom. The predicted molar refractivity (Wildman–Crippen MR) is 78.6 cm³/mol. The molecule has 0 amide bonds. The molecule has 0 bridgehead atoms. The SMILES string of the molecule is CCc1ccccc1OCc1nc2c(N)cccc2o1. The third-order valence-corrected chi connectivity index (χ3v) is 3.20. The third kappa shape index (κ3) is 2.32. The first-order chi connectivity index (χ1) is 9.78. The molecule has 0 saturated heterocycles. The van der Waals surface area contributed by atoms with E-state index in [0.717, 1.165) is 12.2 Å². The van der Waals surface area contributed by atoms with Gasteiger partial charge in [-0.2, -0.15) is 0 Å². The van der Waals surface area contributed by atoms with Gasteiger partial charge in [-0.1, -0.05) is 31.2 Å². The van der Waals surface area contributed by atoms with Crippen LogP contribution in [-0.4, -0.2) is 4.98 Å². The van der Waals surface area contributed by atoms with Crippen LogP contribution in [0.15, 0.2) is 46.9 Å². The fourth-order valence-electron chi connectivity index (χ4n) is 2.15. The largest absolute Gasteiger partial charge is 0.484 e. The van der Waals surface area contributed by atoms with Crippen LogP contribution in [0.4, 0.5) is 5.69 Å². The van der Waals surface area contributed by atoms with Crippen LogP contribution in [0.1, 0.15) is 18.4 Å². The highest BCUT2D eigenvalue weighted by Gasteiger charge is 2.09. The number of hydrogen-bond acceptors (Lipinski definition) is 4. The summed E-state index contributed by atoms with van der Waals surface area (Å²) >= 11 is 0. The predicted octanol–water partition coefficient (Wildman–Crippen LogP) is 3.55. The summed E-state index contributed by atoms with van der Waals surface area (Å²) in [5.74, 6) is 1.40. The summed E-state index contributed by atoms with van der Waals surface area (Å²) in [5.41, 5.74) is 9.02. The molecule has 0 radical (unpaired) electrons. The van der Waals surface area contributed by atoms with E-state index in [9.17, 15) is 0 Å². The van der Waals surface area contributed by atoms with Gasteiger partial charge in [-0.3, -0.25) is 0 Å². The zero-order chi connectivity index (χ0) is 13.9. The second-order valence-corrected chi connectivity index (χ2v) is 4.55. The molecule has 0 saturated carbocycles. The molecule has 1 heterocycles. The lowest BCUT2D eigenvalue weighted by atomic mass is 10.1. The van der Waals surface area contributed by atoms with Crippen molar-refractivity contribution in [2.75, 3.05) is 5.73 Å². The molecule has 4 heteroatoms. The first-order valence-corrected chi connectivity index (χ1v) is 6.62. The van der Waals surface area contributed by atoms with Crippen molar-refractivity contribution in [3.05, 3.63) is 53.9 Å². The Labute approximate surface area is 117 Å². The van der Waals surface area contributed by atoms with Crippen LogP contribution < -0.4 is 10.5 Å². The summed E-state index contributed by atoms with van der Waals surface area (Å²) in [6, 6.07) is 13.5. The minimum atomic E-state index is 0.297. The quantitative estimate of drug-likeness (QED) is 0.735. The second-order valence-electron chi connectivity index (χ2n) is 4.55. The summed E-state index contributed by atoms with van der Waals surface area (Å²) in [6.45, 7) is 2.40. The first-order valence-electron chi connectivity index (χ1n) is 6.62. The fourth-order valence-corrected chi connectivity index (χ4v) is 2.15. The number of nitrogens with two attached hydrogens (primary N) is 1. The number of fused-ring (bicyclic) bond motifs is 1. The number of hydrogen-bond donors (Lipinski definition) is 1. The number of aryl methyl sites for hydroxylation is 1. The maximum absolute atomic E-state index is 5.86. The van der Waals surface area contributed by atoms with E-state index in [0.29, 0.717) is 29.3 Å². The van der Waals surface area contributed by atoms with Crippen molar-refractivity contribution in [1.29, 1.82) is 0 Å². The molecule has 0 spiro atoms. The fraction of sp³-hybridized carbons (Fsp3) is 0.188. The summed E-state index contributed by atoms with van der Waals surface area (Å²) in [5, 5.41) is 0. The monoisotopic (exact) mass is 268 g/mol. The average molecular weight is 268 g/mol. The summed E-state index contributed by atoms with van der Waals surface area (Å²) in [6.07, 6.45) is 0.927. The number of ether oxygens (including phenoxy) is 1. The number of nitrogen functional groups attached to an aromatic ring is 1. The molecule has 4 nitrogen and oxygen atoms in total. The summed E-state index contributed by atoms with van der Waals surface area (Å²) in [4.78, 5) is 4.37. The Morgan fingerprint density at radius 3 is 2.80 bits per heavy atom. The van der Waals surface area contributed by atoms with Crippen molar-refractivity contribution in [2.45, 2.75) is 20.0 Å². The molecule has 0 unspecified atom stereocenters. The molecule has 3 rings (SSSR count). The van der Waals surface area contributed by atoms with Crippen LogP contribution in [0.2, 0.25) is 0 Å². The van der Waals surface area contributed by atoms with Gasteiger partial charge in [0.25, 0.3) is 0 Å². The molecule has 3 aromatic rings. The number of anilines is 1. The number of oxazole rings is 1. The molecule has 0 atom stereocenters. The van der Waals surface area contributed by atoms with Gasteiger partial charge >= 0.3 is 0 Å². The number of para-hydroxylation sites is 2. The molecular formula is C16H16N2O2. The maximum atomic E-state index is 5.86. The minimum Gasteiger partial charge on any atom is -0.484 e. The molecule has 102 valence electrons. The van der Waals surface area contributed by atoms with Crippen LogP contribution in [-0.2, 0) is 13.0 Å². The number of nitrogens with zero attached hydrogens (tertiary/aromatic N) is 1. The normalized spacial score (nSPS) is 10.8. The molecule has 0 aliphatic heterocycles. The van der Waals surface area contributed by atoms with Crippen molar-refractivity contribution >= 4 is 16.8 Å². The molecule has 2 aromatic carbocycles. The Bertz CT molecular complexity index is 734. The highest BCUT2D eigenvalue weighted by molar-refractivity contribution is 5.85. The van der Waals surface area contributed by atoms with Crippen molar-refractivity contribution in [2.24, 2.45) is 0 Å². The summed E-state index contributed by atoms with van der Waals surface area (Å²) in [7, 11) is 0. The van der Waals surface area contributed by atoms with Crippen molar-refractivity contribution < 1.29 is 9.15 Å². The van der Waals surface area contributed by atoms with Crippen molar-refractivity contribution in [1.82, 2.24) is 4.98 Å². The summed E-state index contributed by atoms with van der Waals surface area (Å²) < 4.78 is 11.4. The van der Waals surface area contributed by atoms with Gasteiger partial charge in [-0.15, -0.1) is 0 Å². The Morgan fingerprint density at radius 1 is 1.15 bits per heavy atom. The van der Waals surface area contributed by atoms with E-state index in [1.165, 1.54) is 5.56 Å². The third-order valence-electron chi connectivity index (χ3n) is 3.20. The van der Waals surface area contributed by atoms with Crippen LogP contribution >= 0.6 is 0 Å². The van der Waals surface area contributed by atoms with Crippen LogP contribution in [0, 0.1) is 0 Å². The highest BCUT2D eigenvalue weighted by Crippen LogP contribution is 2.23. The van der Waals surface area contributed by atoms with Gasteiger partial charge in [0.05, 0.1) is 5.69 Å². The minimum absolute atomic E-state index is 0.297. The standard InChI is InChI=1S/C16H16N2O2/c1-2-11-6-3-4-8-13(11)19-10-15-18-16-12(17)7-5-9-14(16)20-15/h3-9H,2,10,17H2,1H3. The molecular weight excluding hydrogens is 252 g/mol. The van der Waals surface area contributed by atoms with Gasteiger partial charge in [-0.05, 0) is 30.2 Å². The lowest BCUT2D eigenvalue weighted by Crippen LogP contribution is -1.98. The first kappa shape index (κ1) is 12.5. The molecule has 0 fully saturated rings. The lowest BCUT2D eigenvalue weighted by molar-refractivity contribution is 0.265. The Kier molecular flexibility index (Phi) is 3.29. The van der Waals surface area contributed by atoms with E-state index in [2.05, 4.69) is 18.0 Å². The van der Waals surface area contributed by atoms with Crippen LogP contribution in [0.5, 0.6) is 5.75 Å². The van der Waals surface area contributed by atoms with Gasteiger partial charge in [0.1, 0.15) is 11.3 Å². The molecule has 0 aliphatic carbocycles. The average Bonchev–Trinajstić information content (AvgIpc) is 2.90. The van der Waals surface area contributed by atoms with E-state index in [1.54, 1.807) is 0 Å². The Balaban J connectivity index is 1.82. The van der Waals surface area contributed by atoms with Crippen LogP contribution in [0.25, 0.3) is 11.1 Å². The smallest absolute Gasteiger partial charge is 0.233 e. The van der Waals surface area contributed by atoms with Gasteiger partial charge < -0.3 is 14.9 Å². The van der Waals surface area contributed by atoms with E-state index in [-0.39, 0.29) is 0 Å². The number of benzene rings is 2. The highest BCUT2D eigenvalue weighted by atomic mass is 16.5. The molecule has 1 aromatic heterocycles. The van der Waals surface area contributed by atoms with Gasteiger partial charge in [0.15, 0.2) is 12.2 Å². The van der Waals surface area contributed by atoms with Gasteiger partial charge in [0, 0.05) is 0 Å². The number of rotatable bonds is 4. The zero-order valence-electron chi connectivity index (χ0n) is 11.3. The molecule has 20 heavy (non-hydrogen) atoms. The Hall–Kier alpha value is -2.49. The van der Waals surface area contributed by atoms with E-state index in [1.807, 2.05) is 36.4 Å². The molecule has 0 aliphatic rings. The van der Waals surface area contributed by atoms with E-state index in [4.69, 9.17) is 14.9 Å². The van der Waals surface area contributed by atoms with Crippen molar-refractivity contribution in [3.63, 3.8) is 0 Å². The lowest BCUT2D eigenvalue weighted by Gasteiger charge is -2.07. The van der Waals surface area contributed by atoms with Gasteiger partial charge in [-0.25, -0.2) is 4.98 Å². The molecule has 2 N–H and O–H groups in total. The van der Waals surface area contributed by atoms with E-state index >= 15 is 0 Å². The van der Waals surface area contributed by atoms with E-state index < -0.39 is 0 Å². The second kappa shape index (κ2) is 5.25. The topological polar surface area (TPSA) is 61.3 Å².